The fraction of sp³-hybridized carbons (Fsp3) is 0.556. The maximum absolute atomic E-state index is 5.97. The summed E-state index contributed by atoms with van der Waals surface area (Å²) in [7, 11) is 0. The molecule has 0 unspecified atom stereocenters. The van der Waals surface area contributed by atoms with Gasteiger partial charge in [-0.3, -0.25) is 0 Å². The van der Waals surface area contributed by atoms with Crippen molar-refractivity contribution in [2.75, 3.05) is 0 Å². The van der Waals surface area contributed by atoms with Crippen LogP contribution in [-0.4, -0.2) is 0 Å². The molecule has 12 heavy (non-hydrogen) atoms. The summed E-state index contributed by atoms with van der Waals surface area (Å²) in [4.78, 5) is 1.12. The van der Waals surface area contributed by atoms with E-state index in [-0.39, 0.29) is 6.04 Å². The standard InChI is InChI=1S/C9H14ClNS/c1-6(2)5-8(11)9-7(10)3-4-12-9/h3-4,6,8H,5,11H2,1-2H3/t8-/m0/s1. The summed E-state index contributed by atoms with van der Waals surface area (Å²) in [6, 6.07) is 2.01. The molecule has 2 N–H and O–H groups in total. The predicted molar refractivity (Wildman–Crippen MR) is 55.7 cm³/mol. The summed E-state index contributed by atoms with van der Waals surface area (Å²) in [6.07, 6.45) is 1.00. The summed E-state index contributed by atoms with van der Waals surface area (Å²) >= 11 is 7.59. The smallest absolute Gasteiger partial charge is 0.0561 e. The highest BCUT2D eigenvalue weighted by atomic mass is 35.5. The molecule has 0 fully saturated rings. The molecular formula is C9H14ClNS. The zero-order valence-electron chi connectivity index (χ0n) is 7.38. The topological polar surface area (TPSA) is 26.0 Å². The summed E-state index contributed by atoms with van der Waals surface area (Å²) < 4.78 is 0. The van der Waals surface area contributed by atoms with Crippen LogP contribution >= 0.6 is 22.9 Å². The summed E-state index contributed by atoms with van der Waals surface area (Å²) in [6.45, 7) is 4.34. The minimum absolute atomic E-state index is 0.109. The van der Waals surface area contributed by atoms with E-state index < -0.39 is 0 Å². The zero-order chi connectivity index (χ0) is 9.14. The fourth-order valence-corrected chi connectivity index (χ4v) is 2.40. The predicted octanol–water partition coefficient (Wildman–Crippen LogP) is 3.45. The second kappa shape index (κ2) is 4.26. The molecule has 0 aliphatic carbocycles. The van der Waals surface area contributed by atoms with Crippen LogP contribution in [0.15, 0.2) is 11.4 Å². The molecule has 0 saturated carbocycles. The fourth-order valence-electron chi connectivity index (χ4n) is 1.18. The highest BCUT2D eigenvalue weighted by molar-refractivity contribution is 7.10. The van der Waals surface area contributed by atoms with Gasteiger partial charge >= 0.3 is 0 Å². The molecule has 0 amide bonds. The molecule has 1 aromatic rings. The van der Waals surface area contributed by atoms with Crippen LogP contribution in [0, 0.1) is 5.92 Å². The Bertz CT molecular complexity index is 244. The Morgan fingerprint density at radius 1 is 1.58 bits per heavy atom. The second-order valence-corrected chi connectivity index (χ2v) is 4.72. The maximum Gasteiger partial charge on any atom is 0.0561 e. The average Bonchev–Trinajstić information content (AvgIpc) is 2.33. The van der Waals surface area contributed by atoms with Crippen LogP contribution in [0.5, 0.6) is 0 Å². The molecule has 0 spiro atoms. The number of halogens is 1. The molecule has 1 rings (SSSR count). The van der Waals surface area contributed by atoms with Gasteiger partial charge in [-0.2, -0.15) is 0 Å². The Balaban J connectivity index is 2.65. The lowest BCUT2D eigenvalue weighted by Crippen LogP contribution is -2.11. The van der Waals surface area contributed by atoms with Crippen molar-refractivity contribution < 1.29 is 0 Å². The minimum Gasteiger partial charge on any atom is -0.323 e. The van der Waals surface area contributed by atoms with Crippen molar-refractivity contribution in [3.63, 3.8) is 0 Å². The van der Waals surface area contributed by atoms with E-state index in [4.69, 9.17) is 17.3 Å². The van der Waals surface area contributed by atoms with E-state index >= 15 is 0 Å². The van der Waals surface area contributed by atoms with Gasteiger partial charge in [0.05, 0.1) is 5.02 Å². The Morgan fingerprint density at radius 2 is 2.25 bits per heavy atom. The van der Waals surface area contributed by atoms with Gasteiger partial charge in [-0.05, 0) is 23.8 Å². The molecule has 68 valence electrons. The van der Waals surface area contributed by atoms with Gasteiger partial charge < -0.3 is 5.73 Å². The van der Waals surface area contributed by atoms with Gasteiger partial charge in [-0.1, -0.05) is 25.4 Å². The van der Waals surface area contributed by atoms with Crippen molar-refractivity contribution in [2.45, 2.75) is 26.3 Å². The van der Waals surface area contributed by atoms with Gasteiger partial charge in [0.2, 0.25) is 0 Å². The highest BCUT2D eigenvalue weighted by Crippen LogP contribution is 2.30. The van der Waals surface area contributed by atoms with E-state index in [1.54, 1.807) is 11.3 Å². The molecule has 0 saturated heterocycles. The molecule has 1 aromatic heterocycles. The van der Waals surface area contributed by atoms with E-state index in [2.05, 4.69) is 13.8 Å². The zero-order valence-corrected chi connectivity index (χ0v) is 8.95. The lowest BCUT2D eigenvalue weighted by atomic mass is 10.0. The number of thiophene rings is 1. The van der Waals surface area contributed by atoms with Gasteiger partial charge in [0.15, 0.2) is 0 Å². The van der Waals surface area contributed by atoms with E-state index in [1.807, 2.05) is 11.4 Å². The first-order valence-electron chi connectivity index (χ1n) is 4.09. The maximum atomic E-state index is 5.97. The lowest BCUT2D eigenvalue weighted by molar-refractivity contribution is 0.515. The lowest BCUT2D eigenvalue weighted by Gasteiger charge is -2.12. The number of nitrogens with two attached hydrogens (primary N) is 1. The van der Waals surface area contributed by atoms with Crippen molar-refractivity contribution in [3.8, 4) is 0 Å². The molecule has 0 aliphatic rings. The van der Waals surface area contributed by atoms with Gasteiger partial charge in [-0.15, -0.1) is 11.3 Å². The number of rotatable bonds is 3. The Kier molecular flexibility index (Phi) is 3.56. The largest absolute Gasteiger partial charge is 0.323 e. The van der Waals surface area contributed by atoms with Crippen molar-refractivity contribution in [1.82, 2.24) is 0 Å². The van der Waals surface area contributed by atoms with Crippen LogP contribution in [0.3, 0.4) is 0 Å². The Hall–Kier alpha value is -0.0500. The quantitative estimate of drug-likeness (QED) is 0.800. The summed E-state index contributed by atoms with van der Waals surface area (Å²) in [5.41, 5.74) is 5.97. The molecule has 0 aromatic carbocycles. The van der Waals surface area contributed by atoms with Gasteiger partial charge in [-0.25, -0.2) is 0 Å². The molecule has 1 atom stereocenters. The molecule has 0 aliphatic heterocycles. The van der Waals surface area contributed by atoms with Crippen LogP contribution in [0.2, 0.25) is 5.02 Å². The molecule has 0 radical (unpaired) electrons. The van der Waals surface area contributed by atoms with Crippen molar-refractivity contribution in [3.05, 3.63) is 21.3 Å². The minimum atomic E-state index is 0.109. The van der Waals surface area contributed by atoms with Crippen LogP contribution in [-0.2, 0) is 0 Å². The van der Waals surface area contributed by atoms with E-state index in [1.165, 1.54) is 0 Å². The third-order valence-corrected chi connectivity index (χ3v) is 3.20. The SMILES string of the molecule is CC(C)C[C@H](N)c1sccc1Cl. The Morgan fingerprint density at radius 3 is 2.67 bits per heavy atom. The monoisotopic (exact) mass is 203 g/mol. The van der Waals surface area contributed by atoms with Crippen molar-refractivity contribution in [2.24, 2.45) is 11.7 Å². The third kappa shape index (κ3) is 2.47. The van der Waals surface area contributed by atoms with Crippen LogP contribution in [0.4, 0.5) is 0 Å². The molecule has 1 heterocycles. The number of hydrogen-bond acceptors (Lipinski definition) is 2. The van der Waals surface area contributed by atoms with E-state index in [9.17, 15) is 0 Å². The highest BCUT2D eigenvalue weighted by Gasteiger charge is 2.12. The first-order chi connectivity index (χ1) is 5.61. The average molecular weight is 204 g/mol. The van der Waals surface area contributed by atoms with Gasteiger partial charge in [0.1, 0.15) is 0 Å². The summed E-state index contributed by atoms with van der Waals surface area (Å²) in [5, 5.41) is 2.80. The van der Waals surface area contributed by atoms with Crippen molar-refractivity contribution >= 4 is 22.9 Å². The number of hydrogen-bond donors (Lipinski definition) is 1. The first kappa shape index (κ1) is 10.0. The van der Waals surface area contributed by atoms with Gasteiger partial charge in [0, 0.05) is 10.9 Å². The van der Waals surface area contributed by atoms with Gasteiger partial charge in [0.25, 0.3) is 0 Å². The Labute approximate surface area is 82.5 Å². The van der Waals surface area contributed by atoms with Crippen LogP contribution in [0.25, 0.3) is 0 Å². The van der Waals surface area contributed by atoms with Crippen LogP contribution in [0.1, 0.15) is 31.2 Å². The molecule has 1 nitrogen and oxygen atoms in total. The molecule has 0 bridgehead atoms. The molecular weight excluding hydrogens is 190 g/mol. The molecule has 3 heteroatoms. The van der Waals surface area contributed by atoms with E-state index in [0.717, 1.165) is 16.3 Å². The van der Waals surface area contributed by atoms with Crippen LogP contribution < -0.4 is 5.73 Å². The third-order valence-electron chi connectivity index (χ3n) is 1.71. The summed E-state index contributed by atoms with van der Waals surface area (Å²) in [5.74, 6) is 0.623. The normalized spacial score (nSPS) is 13.8. The first-order valence-corrected chi connectivity index (χ1v) is 5.35. The second-order valence-electron chi connectivity index (χ2n) is 3.37. The van der Waals surface area contributed by atoms with Crippen molar-refractivity contribution in [1.29, 1.82) is 0 Å². The van der Waals surface area contributed by atoms with E-state index in [0.29, 0.717) is 5.92 Å².